The first-order valence-corrected chi connectivity index (χ1v) is 9.99. The Morgan fingerprint density at radius 3 is 2.96 bits per heavy atom. The van der Waals surface area contributed by atoms with Crippen molar-refractivity contribution < 1.29 is 8.78 Å². The number of nitrogens with one attached hydrogen (secondary N) is 1. The van der Waals surface area contributed by atoms with Crippen molar-refractivity contribution in [1.29, 1.82) is 0 Å². The van der Waals surface area contributed by atoms with Crippen LogP contribution in [0.15, 0.2) is 5.38 Å². The molecule has 0 aromatic carbocycles. The monoisotopic (exact) mass is 359 g/mol. The Labute approximate surface area is 148 Å². The van der Waals surface area contributed by atoms with E-state index in [1.165, 1.54) is 0 Å². The Morgan fingerprint density at radius 1 is 1.50 bits per heavy atom. The van der Waals surface area contributed by atoms with Crippen molar-refractivity contribution in [2.24, 2.45) is 11.8 Å². The second-order valence-electron chi connectivity index (χ2n) is 7.17. The summed E-state index contributed by atoms with van der Waals surface area (Å²) < 4.78 is 28.0. The van der Waals surface area contributed by atoms with Crippen LogP contribution in [-0.4, -0.2) is 42.0 Å². The van der Waals surface area contributed by atoms with Crippen molar-refractivity contribution in [3.63, 3.8) is 0 Å². The topological polar surface area (TPSA) is 28.2 Å². The number of hydrogen-bond acceptors (Lipinski definition) is 4. The number of alkyl halides is 2. The summed E-state index contributed by atoms with van der Waals surface area (Å²) in [6.45, 7) is 10.4. The van der Waals surface area contributed by atoms with Crippen molar-refractivity contribution in [3.8, 4) is 0 Å². The lowest BCUT2D eigenvalue weighted by Gasteiger charge is -2.35. The highest BCUT2D eigenvalue weighted by atomic mass is 32.1. The van der Waals surface area contributed by atoms with Gasteiger partial charge in [-0.1, -0.05) is 20.3 Å². The Morgan fingerprint density at radius 2 is 2.29 bits per heavy atom. The minimum atomic E-state index is -2.48. The van der Waals surface area contributed by atoms with E-state index in [0.717, 1.165) is 49.8 Å². The predicted molar refractivity (Wildman–Crippen MR) is 96.7 cm³/mol. The average Bonchev–Trinajstić information content (AvgIpc) is 2.93. The van der Waals surface area contributed by atoms with E-state index in [9.17, 15) is 8.78 Å². The van der Waals surface area contributed by atoms with Crippen LogP contribution in [0.25, 0.3) is 0 Å². The van der Waals surface area contributed by atoms with Crippen molar-refractivity contribution in [1.82, 2.24) is 15.2 Å². The summed E-state index contributed by atoms with van der Waals surface area (Å²) in [5, 5.41) is 6.60. The third kappa shape index (κ3) is 6.37. The van der Waals surface area contributed by atoms with Crippen LogP contribution in [0.1, 0.15) is 50.2 Å². The summed E-state index contributed by atoms with van der Waals surface area (Å²) in [6.07, 6.45) is 1.63. The van der Waals surface area contributed by atoms with E-state index in [4.69, 9.17) is 0 Å². The summed E-state index contributed by atoms with van der Waals surface area (Å²) in [7, 11) is 0. The molecule has 0 bridgehead atoms. The number of hydrogen-bond donors (Lipinski definition) is 1. The van der Waals surface area contributed by atoms with E-state index in [1.807, 2.05) is 6.92 Å². The van der Waals surface area contributed by atoms with Gasteiger partial charge >= 0.3 is 0 Å². The Balaban J connectivity index is 1.80. The summed E-state index contributed by atoms with van der Waals surface area (Å²) in [6, 6.07) is 0. The molecule has 1 aromatic rings. The molecule has 3 nitrogen and oxygen atoms in total. The normalized spacial score (nSPS) is 23.6. The number of aromatic nitrogens is 1. The number of likely N-dealkylation sites (tertiary alicyclic amines) is 1. The molecule has 2 rings (SSSR count). The predicted octanol–water partition coefficient (Wildman–Crippen LogP) is 4.32. The van der Waals surface area contributed by atoms with Gasteiger partial charge in [-0.3, -0.25) is 0 Å². The molecule has 0 saturated carbocycles. The van der Waals surface area contributed by atoms with Crippen molar-refractivity contribution in [2.45, 2.75) is 58.9 Å². The minimum absolute atomic E-state index is 0.0300. The molecular weight excluding hydrogens is 328 g/mol. The fourth-order valence-corrected chi connectivity index (χ4v) is 4.11. The van der Waals surface area contributed by atoms with E-state index in [0.29, 0.717) is 12.3 Å². The summed E-state index contributed by atoms with van der Waals surface area (Å²) in [5.41, 5.74) is 1.07. The Kier molecular flexibility index (Phi) is 7.57. The highest BCUT2D eigenvalue weighted by molar-refractivity contribution is 7.09. The van der Waals surface area contributed by atoms with Gasteiger partial charge in [0.25, 0.3) is 0 Å². The lowest BCUT2D eigenvalue weighted by molar-refractivity contribution is -0.0547. The van der Waals surface area contributed by atoms with Crippen molar-refractivity contribution in [3.05, 3.63) is 16.1 Å². The van der Waals surface area contributed by atoms with Crippen LogP contribution < -0.4 is 5.32 Å². The molecule has 2 heterocycles. The number of thiazole rings is 1. The third-order valence-corrected chi connectivity index (χ3v) is 6.03. The largest absolute Gasteiger partial charge is 0.309 e. The molecule has 0 aliphatic carbocycles. The first kappa shape index (κ1) is 19.7. The van der Waals surface area contributed by atoms with Gasteiger partial charge in [0.2, 0.25) is 5.92 Å². The number of halogens is 2. The molecule has 0 spiro atoms. The Hall–Kier alpha value is -0.590. The van der Waals surface area contributed by atoms with Gasteiger partial charge in [-0.25, -0.2) is 13.8 Å². The van der Waals surface area contributed by atoms with Crippen LogP contribution in [0.3, 0.4) is 0 Å². The Bertz CT molecular complexity index is 492. The molecular formula is C18H31F2N3S. The second kappa shape index (κ2) is 9.20. The van der Waals surface area contributed by atoms with Crippen LogP contribution in [0, 0.1) is 18.8 Å². The molecule has 2 atom stereocenters. The van der Waals surface area contributed by atoms with Crippen LogP contribution in [0.5, 0.6) is 0 Å². The molecule has 1 aliphatic heterocycles. The van der Waals surface area contributed by atoms with Gasteiger partial charge in [0.1, 0.15) is 5.01 Å². The molecule has 138 valence electrons. The molecule has 24 heavy (non-hydrogen) atoms. The van der Waals surface area contributed by atoms with Crippen LogP contribution in [0.4, 0.5) is 8.78 Å². The zero-order valence-corrected chi connectivity index (χ0v) is 16.0. The maximum absolute atomic E-state index is 14.0. The molecule has 6 heteroatoms. The van der Waals surface area contributed by atoms with Crippen LogP contribution >= 0.6 is 11.3 Å². The van der Waals surface area contributed by atoms with Gasteiger partial charge in [-0.2, -0.15) is 0 Å². The lowest BCUT2D eigenvalue weighted by atomic mass is 9.84. The molecule has 0 amide bonds. The lowest BCUT2D eigenvalue weighted by Crippen LogP contribution is -2.42. The maximum Gasteiger partial charge on any atom is 0.248 e. The molecule has 2 unspecified atom stereocenters. The molecule has 1 N–H and O–H groups in total. The smallest absolute Gasteiger partial charge is 0.248 e. The number of rotatable bonds is 7. The zero-order chi connectivity index (χ0) is 17.6. The van der Waals surface area contributed by atoms with E-state index >= 15 is 0 Å². The first-order valence-electron chi connectivity index (χ1n) is 9.11. The van der Waals surface area contributed by atoms with Gasteiger partial charge in [-0.15, -0.1) is 11.3 Å². The first-order chi connectivity index (χ1) is 11.4. The molecule has 1 fully saturated rings. The molecule has 1 aliphatic rings. The van der Waals surface area contributed by atoms with E-state index in [1.54, 1.807) is 11.3 Å². The number of aryl methyl sites for hydroxylation is 1. The summed E-state index contributed by atoms with van der Waals surface area (Å²) in [4.78, 5) is 6.81. The van der Waals surface area contributed by atoms with Crippen LogP contribution in [0.2, 0.25) is 0 Å². The van der Waals surface area contributed by atoms with E-state index in [2.05, 4.69) is 34.4 Å². The summed E-state index contributed by atoms with van der Waals surface area (Å²) >= 11 is 1.68. The third-order valence-electron chi connectivity index (χ3n) is 5.07. The van der Waals surface area contributed by atoms with Crippen molar-refractivity contribution >= 4 is 11.3 Å². The van der Waals surface area contributed by atoms with E-state index < -0.39 is 5.92 Å². The fourth-order valence-electron chi connectivity index (χ4n) is 3.37. The highest BCUT2D eigenvalue weighted by Gasteiger charge is 2.36. The minimum Gasteiger partial charge on any atom is -0.309 e. The quantitative estimate of drug-likeness (QED) is 0.735. The van der Waals surface area contributed by atoms with Gasteiger partial charge in [0, 0.05) is 50.1 Å². The van der Waals surface area contributed by atoms with Gasteiger partial charge < -0.3 is 10.2 Å². The SMILES string of the molecule is CCC(C)C1CN(CCNCc2nc(C)cs2)CCCC(F)(F)C1. The maximum atomic E-state index is 14.0. The van der Waals surface area contributed by atoms with Gasteiger partial charge in [0.15, 0.2) is 0 Å². The van der Waals surface area contributed by atoms with Gasteiger partial charge in [0.05, 0.1) is 0 Å². The van der Waals surface area contributed by atoms with Gasteiger partial charge in [-0.05, 0) is 31.7 Å². The van der Waals surface area contributed by atoms with Crippen LogP contribution in [-0.2, 0) is 6.54 Å². The number of nitrogens with zero attached hydrogens (tertiary/aromatic N) is 2. The average molecular weight is 360 g/mol. The van der Waals surface area contributed by atoms with E-state index in [-0.39, 0.29) is 18.8 Å². The summed E-state index contributed by atoms with van der Waals surface area (Å²) in [5.74, 6) is -2.05. The standard InChI is InChI=1S/C18H31F2N3S/c1-4-14(2)16-10-18(19,20)6-5-8-23(12-16)9-7-21-11-17-22-15(3)13-24-17/h13-14,16,21H,4-12H2,1-3H3. The highest BCUT2D eigenvalue weighted by Crippen LogP contribution is 2.35. The molecule has 0 radical (unpaired) electrons. The fraction of sp³-hybridized carbons (Fsp3) is 0.833. The zero-order valence-electron chi connectivity index (χ0n) is 15.2. The molecule has 1 aromatic heterocycles. The van der Waals surface area contributed by atoms with Crippen molar-refractivity contribution in [2.75, 3.05) is 26.2 Å². The second-order valence-corrected chi connectivity index (χ2v) is 8.11. The molecule has 1 saturated heterocycles.